The summed E-state index contributed by atoms with van der Waals surface area (Å²) in [6, 6.07) is 5.59. The first-order chi connectivity index (χ1) is 23.1. The van der Waals surface area contributed by atoms with Gasteiger partial charge in [0.25, 0.3) is 5.91 Å². The van der Waals surface area contributed by atoms with Crippen molar-refractivity contribution in [2.45, 2.75) is 113 Å². The molecule has 1 saturated heterocycles. The van der Waals surface area contributed by atoms with Crippen LogP contribution in [0.1, 0.15) is 94.5 Å². The molecular weight excluding hydrogens is 654 g/mol. The van der Waals surface area contributed by atoms with Crippen LogP contribution in [-0.2, 0) is 33.9 Å². The molecule has 5 atom stereocenters. The SMILES string of the molecule is CC(C)(C)OC(=O)N[C@H]1CCCCCC=C[C@@H]2C[C@@]2(C(=O)NS(=O)(=O)C2CC2)NC(=O)[C@@H]2C[C@@H](OC(=O)c3cccc(C#N)c3)CN2C1=O. The van der Waals surface area contributed by atoms with Crippen molar-refractivity contribution < 1.29 is 41.9 Å². The number of sulfonamides is 1. The molecule has 0 radical (unpaired) electrons. The van der Waals surface area contributed by atoms with E-state index in [-0.39, 0.29) is 36.9 Å². The molecule has 2 heterocycles. The number of carbonyl (C=O) groups excluding carboxylic acids is 5. The lowest BCUT2D eigenvalue weighted by Gasteiger charge is -2.30. The summed E-state index contributed by atoms with van der Waals surface area (Å²) in [5.41, 5.74) is -2.02. The van der Waals surface area contributed by atoms with Gasteiger partial charge in [0.15, 0.2) is 0 Å². The van der Waals surface area contributed by atoms with E-state index in [0.717, 1.165) is 12.8 Å². The Morgan fingerprint density at radius 3 is 2.55 bits per heavy atom. The molecule has 1 aromatic rings. The molecule has 0 unspecified atom stereocenters. The van der Waals surface area contributed by atoms with E-state index in [9.17, 15) is 37.7 Å². The third kappa shape index (κ3) is 8.78. The quantitative estimate of drug-likeness (QED) is 0.293. The number of benzene rings is 1. The van der Waals surface area contributed by atoms with Gasteiger partial charge in [-0.3, -0.25) is 19.1 Å². The minimum atomic E-state index is -3.91. The maximum Gasteiger partial charge on any atom is 0.408 e. The normalized spacial score (nSPS) is 27.6. The highest BCUT2D eigenvalue weighted by molar-refractivity contribution is 7.91. The molecule has 4 aliphatic rings. The second-order valence-electron chi connectivity index (χ2n) is 14.2. The molecule has 0 aromatic heterocycles. The standard InChI is InChI=1S/C34H43N5O9S/c1-33(2,3)48-32(44)36-26-13-8-6-4-5-7-12-23-18-34(23,31(43)38-49(45,46)25-14-15-25)37-28(40)27-17-24(20-39(27)29(26)41)47-30(42)22-11-9-10-21(16-22)19-35/h7,9-12,16,23-27H,4-6,8,13-15,17-18,20H2,1-3H3,(H,36,44)(H,37,40)(H,38,43)/t23-,24-,26+,27+,34-/m1/s1. The first-order valence-electron chi connectivity index (χ1n) is 16.7. The van der Waals surface area contributed by atoms with E-state index in [0.29, 0.717) is 25.7 Å². The van der Waals surface area contributed by atoms with E-state index in [2.05, 4.69) is 15.4 Å². The van der Waals surface area contributed by atoms with Crippen molar-refractivity contribution in [2.75, 3.05) is 6.54 Å². The summed E-state index contributed by atoms with van der Waals surface area (Å²) in [6.07, 6.45) is 5.88. The Kier molecular flexibility index (Phi) is 10.4. The zero-order valence-electron chi connectivity index (χ0n) is 27.9. The second kappa shape index (κ2) is 14.2. The minimum Gasteiger partial charge on any atom is -0.457 e. The fourth-order valence-corrected chi connectivity index (χ4v) is 7.60. The van der Waals surface area contributed by atoms with Crippen molar-refractivity contribution in [3.63, 3.8) is 0 Å². The molecule has 15 heteroatoms. The number of nitrogens with zero attached hydrogens (tertiary/aromatic N) is 2. The maximum absolute atomic E-state index is 14.2. The monoisotopic (exact) mass is 697 g/mol. The largest absolute Gasteiger partial charge is 0.457 e. The number of amides is 4. The van der Waals surface area contributed by atoms with Gasteiger partial charge in [0.2, 0.25) is 21.8 Å². The number of nitrogens with one attached hydrogen (secondary N) is 3. The first-order valence-corrected chi connectivity index (χ1v) is 18.2. The molecule has 14 nitrogen and oxygen atoms in total. The highest BCUT2D eigenvalue weighted by atomic mass is 32.2. The summed E-state index contributed by atoms with van der Waals surface area (Å²) in [5, 5.41) is 14.0. The van der Waals surface area contributed by atoms with Gasteiger partial charge in [-0.05, 0) is 77.5 Å². The summed E-state index contributed by atoms with van der Waals surface area (Å²) < 4.78 is 38.7. The van der Waals surface area contributed by atoms with Crippen LogP contribution in [0.4, 0.5) is 4.79 Å². The van der Waals surface area contributed by atoms with E-state index in [1.807, 2.05) is 18.2 Å². The first kappa shape index (κ1) is 35.8. The van der Waals surface area contributed by atoms with Gasteiger partial charge in [-0.25, -0.2) is 18.0 Å². The number of hydrogen-bond donors (Lipinski definition) is 3. The van der Waals surface area contributed by atoms with Crippen LogP contribution in [0.25, 0.3) is 0 Å². The van der Waals surface area contributed by atoms with Gasteiger partial charge < -0.3 is 25.0 Å². The molecule has 4 amide bonds. The van der Waals surface area contributed by atoms with Gasteiger partial charge in [0.05, 0.1) is 29.0 Å². The van der Waals surface area contributed by atoms with Crippen LogP contribution in [-0.4, -0.2) is 84.2 Å². The number of fused-ring (bicyclic) bond motifs is 2. The molecule has 2 aliphatic carbocycles. The molecule has 5 rings (SSSR count). The number of rotatable bonds is 6. The lowest BCUT2D eigenvalue weighted by molar-refractivity contribution is -0.141. The number of hydrogen-bond acceptors (Lipinski definition) is 10. The Bertz CT molecular complexity index is 1680. The second-order valence-corrected chi connectivity index (χ2v) is 16.1. The van der Waals surface area contributed by atoms with E-state index in [1.54, 1.807) is 20.8 Å². The third-order valence-corrected chi connectivity index (χ3v) is 10.9. The van der Waals surface area contributed by atoms with E-state index in [1.165, 1.54) is 29.2 Å². The summed E-state index contributed by atoms with van der Waals surface area (Å²) in [6.45, 7) is 4.89. The highest BCUT2D eigenvalue weighted by Crippen LogP contribution is 2.46. The molecule has 0 bridgehead atoms. The fourth-order valence-electron chi connectivity index (χ4n) is 6.23. The van der Waals surface area contributed by atoms with E-state index in [4.69, 9.17) is 9.47 Å². The molecule has 2 saturated carbocycles. The predicted molar refractivity (Wildman–Crippen MR) is 175 cm³/mol. The van der Waals surface area contributed by atoms with Crippen LogP contribution >= 0.6 is 0 Å². The average molecular weight is 698 g/mol. The summed E-state index contributed by atoms with van der Waals surface area (Å²) in [4.78, 5) is 69.0. The lowest BCUT2D eigenvalue weighted by Crippen LogP contribution is -2.58. The van der Waals surface area contributed by atoms with Crippen molar-refractivity contribution in [3.05, 3.63) is 47.5 Å². The lowest BCUT2D eigenvalue weighted by atomic mass is 10.0. The fraction of sp³-hybridized carbons (Fsp3) is 0.588. The highest BCUT2D eigenvalue weighted by Gasteiger charge is 2.62. The third-order valence-electron chi connectivity index (χ3n) is 9.03. The van der Waals surface area contributed by atoms with Crippen LogP contribution < -0.4 is 15.4 Å². The minimum absolute atomic E-state index is 0.115. The Morgan fingerprint density at radius 2 is 1.86 bits per heavy atom. The molecule has 3 N–H and O–H groups in total. The van der Waals surface area contributed by atoms with Gasteiger partial charge in [0, 0.05) is 12.3 Å². The number of nitriles is 1. The Morgan fingerprint density at radius 1 is 1.10 bits per heavy atom. The van der Waals surface area contributed by atoms with Crippen molar-refractivity contribution in [2.24, 2.45) is 5.92 Å². The van der Waals surface area contributed by atoms with Gasteiger partial charge in [-0.2, -0.15) is 5.26 Å². The van der Waals surface area contributed by atoms with Crippen LogP contribution in [0.15, 0.2) is 36.4 Å². The molecular formula is C34H43N5O9S. The number of esters is 1. The molecule has 49 heavy (non-hydrogen) atoms. The van der Waals surface area contributed by atoms with Gasteiger partial charge >= 0.3 is 12.1 Å². The number of ether oxygens (including phenoxy) is 2. The van der Waals surface area contributed by atoms with Crippen LogP contribution in [0.5, 0.6) is 0 Å². The van der Waals surface area contributed by atoms with Crippen molar-refractivity contribution >= 4 is 39.8 Å². The zero-order valence-corrected chi connectivity index (χ0v) is 28.7. The molecule has 2 aliphatic heterocycles. The molecule has 1 aromatic carbocycles. The summed E-state index contributed by atoms with van der Waals surface area (Å²) in [7, 11) is -3.91. The average Bonchev–Trinajstić information content (AvgIpc) is 3.95. The van der Waals surface area contributed by atoms with Crippen molar-refractivity contribution in [1.82, 2.24) is 20.3 Å². The smallest absolute Gasteiger partial charge is 0.408 e. The summed E-state index contributed by atoms with van der Waals surface area (Å²) in [5.74, 6) is -3.38. The summed E-state index contributed by atoms with van der Waals surface area (Å²) >= 11 is 0. The zero-order chi connectivity index (χ0) is 35.6. The van der Waals surface area contributed by atoms with Crippen molar-refractivity contribution in [3.8, 4) is 6.07 Å². The van der Waals surface area contributed by atoms with Gasteiger partial charge in [0.1, 0.15) is 29.3 Å². The predicted octanol–water partition coefficient (Wildman–Crippen LogP) is 2.58. The maximum atomic E-state index is 14.2. The van der Waals surface area contributed by atoms with Crippen LogP contribution in [0.2, 0.25) is 0 Å². The van der Waals surface area contributed by atoms with Gasteiger partial charge in [-0.1, -0.05) is 31.1 Å². The molecule has 0 spiro atoms. The number of carbonyl (C=O) groups is 5. The van der Waals surface area contributed by atoms with Gasteiger partial charge in [-0.15, -0.1) is 0 Å². The van der Waals surface area contributed by atoms with Crippen molar-refractivity contribution in [1.29, 1.82) is 5.26 Å². The van der Waals surface area contributed by atoms with Crippen LogP contribution in [0, 0.1) is 17.2 Å². The number of allylic oxidation sites excluding steroid dienone is 1. The Labute approximate surface area is 286 Å². The van der Waals surface area contributed by atoms with E-state index >= 15 is 0 Å². The Balaban J connectivity index is 1.43. The number of alkyl carbamates (subject to hydrolysis) is 1. The van der Waals surface area contributed by atoms with E-state index < -0.39 is 80.3 Å². The molecule has 3 fully saturated rings. The van der Waals surface area contributed by atoms with Crippen LogP contribution in [0.3, 0.4) is 0 Å². The Hall–Kier alpha value is -4.45. The topological polar surface area (TPSA) is 201 Å². The molecule has 264 valence electrons.